The maximum Gasteiger partial charge on any atom is 0.246 e. The zero-order valence-electron chi connectivity index (χ0n) is 12.2. The molecule has 104 valence electrons. The van der Waals surface area contributed by atoms with Gasteiger partial charge < -0.3 is 15.1 Å². The number of hydrogen-bond acceptors (Lipinski definition) is 3. The molecule has 0 saturated carbocycles. The lowest BCUT2D eigenvalue weighted by molar-refractivity contribution is -0.134. The standard InChI is InChI=1S/C15H23N3O/c1-15(2)11-17(4)14(19)13(10-16-3)18(15)12-8-6-5-7-9-12/h5-9,13,16H,10-11H2,1-4H3. The van der Waals surface area contributed by atoms with Gasteiger partial charge in [-0.05, 0) is 33.0 Å². The molecule has 19 heavy (non-hydrogen) atoms. The van der Waals surface area contributed by atoms with E-state index in [1.807, 2.05) is 37.2 Å². The minimum absolute atomic E-state index is 0.0778. The van der Waals surface area contributed by atoms with E-state index in [4.69, 9.17) is 0 Å². The summed E-state index contributed by atoms with van der Waals surface area (Å²) in [6.07, 6.45) is 0. The van der Waals surface area contributed by atoms with Gasteiger partial charge in [0.2, 0.25) is 5.91 Å². The van der Waals surface area contributed by atoms with E-state index < -0.39 is 0 Å². The van der Waals surface area contributed by atoms with E-state index >= 15 is 0 Å². The van der Waals surface area contributed by atoms with Crippen LogP contribution in [0.3, 0.4) is 0 Å². The van der Waals surface area contributed by atoms with Crippen molar-refractivity contribution >= 4 is 11.6 Å². The Morgan fingerprint density at radius 3 is 2.53 bits per heavy atom. The molecule has 1 atom stereocenters. The van der Waals surface area contributed by atoms with Gasteiger partial charge in [0.05, 0.1) is 5.54 Å². The molecule has 1 aromatic rings. The summed E-state index contributed by atoms with van der Waals surface area (Å²) in [5, 5.41) is 3.14. The number of hydrogen-bond donors (Lipinski definition) is 1. The van der Waals surface area contributed by atoms with Crippen LogP contribution < -0.4 is 10.2 Å². The number of likely N-dealkylation sites (N-methyl/N-ethyl adjacent to an activating group) is 2. The highest BCUT2D eigenvalue weighted by Gasteiger charge is 2.43. The van der Waals surface area contributed by atoms with E-state index in [1.165, 1.54) is 0 Å². The van der Waals surface area contributed by atoms with Gasteiger partial charge in [0.15, 0.2) is 0 Å². The van der Waals surface area contributed by atoms with Crippen LogP contribution in [0.2, 0.25) is 0 Å². The van der Waals surface area contributed by atoms with Crippen molar-refractivity contribution in [2.75, 3.05) is 32.1 Å². The molecule has 1 aliphatic rings. The van der Waals surface area contributed by atoms with E-state index in [2.05, 4.69) is 36.2 Å². The summed E-state index contributed by atoms with van der Waals surface area (Å²) in [5.41, 5.74) is 1.03. The molecule has 1 aliphatic heterocycles. The van der Waals surface area contributed by atoms with Crippen LogP contribution in [0.15, 0.2) is 30.3 Å². The number of nitrogens with one attached hydrogen (secondary N) is 1. The highest BCUT2D eigenvalue weighted by atomic mass is 16.2. The van der Waals surface area contributed by atoms with E-state index in [0.29, 0.717) is 6.54 Å². The van der Waals surface area contributed by atoms with Crippen molar-refractivity contribution in [3.05, 3.63) is 30.3 Å². The van der Waals surface area contributed by atoms with Gasteiger partial charge >= 0.3 is 0 Å². The van der Waals surface area contributed by atoms with Crippen molar-refractivity contribution in [2.24, 2.45) is 0 Å². The average molecular weight is 261 g/mol. The molecule has 1 heterocycles. The zero-order chi connectivity index (χ0) is 14.0. The Morgan fingerprint density at radius 1 is 1.32 bits per heavy atom. The lowest BCUT2D eigenvalue weighted by Gasteiger charge is -2.51. The monoisotopic (exact) mass is 261 g/mol. The predicted molar refractivity (Wildman–Crippen MR) is 78.4 cm³/mol. The molecule has 1 N–H and O–H groups in total. The van der Waals surface area contributed by atoms with Crippen LogP contribution in [0.25, 0.3) is 0 Å². The Morgan fingerprint density at radius 2 is 1.95 bits per heavy atom. The maximum atomic E-state index is 12.4. The molecular formula is C15H23N3O. The Labute approximate surface area is 115 Å². The topological polar surface area (TPSA) is 35.6 Å². The predicted octanol–water partition coefficient (Wildman–Crippen LogP) is 1.33. The third kappa shape index (κ3) is 2.59. The normalized spacial score (nSPS) is 22.7. The van der Waals surface area contributed by atoms with Gasteiger partial charge in [-0.15, -0.1) is 0 Å². The first-order chi connectivity index (χ1) is 8.97. The Hall–Kier alpha value is -1.55. The van der Waals surface area contributed by atoms with Crippen LogP contribution in [-0.4, -0.2) is 49.6 Å². The summed E-state index contributed by atoms with van der Waals surface area (Å²) in [5.74, 6) is 0.178. The minimum Gasteiger partial charge on any atom is -0.351 e. The van der Waals surface area contributed by atoms with Crippen molar-refractivity contribution in [3.8, 4) is 0 Å². The molecule has 4 nitrogen and oxygen atoms in total. The van der Waals surface area contributed by atoms with E-state index in [-0.39, 0.29) is 17.5 Å². The molecule has 1 amide bonds. The molecule has 1 aromatic carbocycles. The third-order valence-corrected chi connectivity index (χ3v) is 3.68. The summed E-state index contributed by atoms with van der Waals surface area (Å²) in [4.78, 5) is 16.5. The quantitative estimate of drug-likeness (QED) is 0.891. The van der Waals surface area contributed by atoms with Crippen molar-refractivity contribution in [2.45, 2.75) is 25.4 Å². The Bertz CT molecular complexity index is 444. The van der Waals surface area contributed by atoms with E-state index in [9.17, 15) is 4.79 Å². The molecule has 0 bridgehead atoms. The summed E-state index contributed by atoms with van der Waals surface area (Å²) >= 11 is 0. The number of piperazine rings is 1. The molecular weight excluding hydrogens is 238 g/mol. The zero-order valence-corrected chi connectivity index (χ0v) is 12.2. The second-order valence-corrected chi connectivity index (χ2v) is 5.79. The maximum absolute atomic E-state index is 12.4. The van der Waals surface area contributed by atoms with Gasteiger partial charge in [0.1, 0.15) is 6.04 Å². The first kappa shape index (κ1) is 13.9. The first-order valence-electron chi connectivity index (χ1n) is 6.71. The molecule has 4 heteroatoms. The van der Waals surface area contributed by atoms with Crippen LogP contribution in [-0.2, 0) is 4.79 Å². The lowest BCUT2D eigenvalue weighted by atomic mass is 9.93. The Kier molecular flexibility index (Phi) is 3.80. The second kappa shape index (κ2) is 5.21. The fourth-order valence-electron chi connectivity index (χ4n) is 3.01. The number of carbonyl (C=O) groups is 1. The van der Waals surface area contributed by atoms with Crippen molar-refractivity contribution in [1.82, 2.24) is 10.2 Å². The third-order valence-electron chi connectivity index (χ3n) is 3.68. The van der Waals surface area contributed by atoms with Crippen LogP contribution in [0.5, 0.6) is 0 Å². The van der Waals surface area contributed by atoms with Crippen molar-refractivity contribution in [3.63, 3.8) is 0 Å². The molecule has 0 radical (unpaired) electrons. The second-order valence-electron chi connectivity index (χ2n) is 5.79. The summed E-state index contributed by atoms with van der Waals surface area (Å²) in [7, 11) is 3.77. The number of rotatable bonds is 3. The lowest BCUT2D eigenvalue weighted by Crippen LogP contribution is -2.68. The van der Waals surface area contributed by atoms with Crippen molar-refractivity contribution in [1.29, 1.82) is 0 Å². The highest BCUT2D eigenvalue weighted by molar-refractivity contribution is 5.87. The molecule has 0 spiro atoms. The minimum atomic E-state index is -0.152. The number of para-hydroxylation sites is 1. The number of carbonyl (C=O) groups excluding carboxylic acids is 1. The SMILES string of the molecule is CNCC1C(=O)N(C)CC(C)(C)N1c1ccccc1. The fraction of sp³-hybridized carbons (Fsp3) is 0.533. The molecule has 1 saturated heterocycles. The van der Waals surface area contributed by atoms with Gasteiger partial charge in [-0.3, -0.25) is 4.79 Å². The number of anilines is 1. The van der Waals surface area contributed by atoms with Gasteiger partial charge in [-0.1, -0.05) is 18.2 Å². The largest absolute Gasteiger partial charge is 0.351 e. The molecule has 1 fully saturated rings. The van der Waals surface area contributed by atoms with Gasteiger partial charge in [0.25, 0.3) is 0 Å². The van der Waals surface area contributed by atoms with Gasteiger partial charge in [0, 0.05) is 25.8 Å². The molecule has 0 aliphatic carbocycles. The molecule has 1 unspecified atom stereocenters. The summed E-state index contributed by atoms with van der Waals surface area (Å²) in [6, 6.07) is 10.0. The highest BCUT2D eigenvalue weighted by Crippen LogP contribution is 2.31. The fourth-order valence-corrected chi connectivity index (χ4v) is 3.01. The van der Waals surface area contributed by atoms with Crippen LogP contribution in [0.4, 0.5) is 5.69 Å². The van der Waals surface area contributed by atoms with E-state index in [1.54, 1.807) is 0 Å². The van der Waals surface area contributed by atoms with Crippen LogP contribution >= 0.6 is 0 Å². The number of nitrogens with zero attached hydrogens (tertiary/aromatic N) is 2. The molecule has 0 aromatic heterocycles. The summed E-state index contributed by atoms with van der Waals surface area (Å²) < 4.78 is 0. The number of benzene rings is 1. The van der Waals surface area contributed by atoms with Crippen molar-refractivity contribution < 1.29 is 4.79 Å². The van der Waals surface area contributed by atoms with E-state index in [0.717, 1.165) is 12.2 Å². The number of amides is 1. The average Bonchev–Trinajstić information content (AvgIpc) is 2.36. The first-order valence-corrected chi connectivity index (χ1v) is 6.71. The smallest absolute Gasteiger partial charge is 0.246 e. The van der Waals surface area contributed by atoms with Crippen LogP contribution in [0, 0.1) is 0 Å². The van der Waals surface area contributed by atoms with Crippen LogP contribution in [0.1, 0.15) is 13.8 Å². The van der Waals surface area contributed by atoms with Gasteiger partial charge in [-0.25, -0.2) is 0 Å². The summed E-state index contributed by atoms with van der Waals surface area (Å²) in [6.45, 7) is 5.76. The van der Waals surface area contributed by atoms with Gasteiger partial charge in [-0.2, -0.15) is 0 Å². The molecule has 2 rings (SSSR count). The Balaban J connectivity index is 2.42.